The molecule has 15 N–H and O–H groups in total. The van der Waals surface area contributed by atoms with E-state index >= 15 is 0 Å². The van der Waals surface area contributed by atoms with Gasteiger partial charge in [-0.2, -0.15) is 0 Å². The number of rotatable bonds is 13. The molecule has 25 atom stereocenters. The zero-order valence-electron chi connectivity index (χ0n) is 28.8. The molecule has 25 unspecified atom stereocenters. The summed E-state index contributed by atoms with van der Waals surface area (Å²) in [7, 11) is 0. The molecule has 6 fully saturated rings. The lowest BCUT2D eigenvalue weighted by Gasteiger charge is -2.49. The Bertz CT molecular complexity index is 1220. The molecule has 0 saturated carbocycles. The molecular formula is C30H50O25. The predicted molar refractivity (Wildman–Crippen MR) is 163 cm³/mol. The Morgan fingerprint density at radius 2 is 0.582 bits per heavy atom. The lowest BCUT2D eigenvalue weighted by molar-refractivity contribution is -0.390. The van der Waals surface area contributed by atoms with Crippen molar-refractivity contribution in [3.63, 3.8) is 0 Å². The van der Waals surface area contributed by atoms with Crippen molar-refractivity contribution < 1.29 is 124 Å². The number of epoxide rings is 1. The van der Waals surface area contributed by atoms with Crippen LogP contribution in [0.15, 0.2) is 0 Å². The standard InChI is InChI=1S/C30H50O25/c31-1-6-11(36)12(37)16(41)26(46-6)51-21-7(2-32)47-27(17(42)13(21)38)52-22-8(3-33)48-28(18(43)14(22)39)53-23-9(4-34)49-29(19(44)15(23)40)54-24-10(5-35)50-30-25(55-30)20(24)45/h6-45H,1-5H2. The van der Waals surface area contributed by atoms with Gasteiger partial charge in [0.1, 0.15) is 122 Å². The van der Waals surface area contributed by atoms with Gasteiger partial charge in [-0.25, -0.2) is 0 Å². The molecule has 320 valence electrons. The van der Waals surface area contributed by atoms with E-state index in [1.807, 2.05) is 0 Å². The molecular weight excluding hydrogens is 760 g/mol. The van der Waals surface area contributed by atoms with Crippen LogP contribution in [0.2, 0.25) is 0 Å². The van der Waals surface area contributed by atoms with Crippen molar-refractivity contribution in [2.45, 2.75) is 154 Å². The minimum atomic E-state index is -2.07. The van der Waals surface area contributed by atoms with Gasteiger partial charge in [0.15, 0.2) is 31.5 Å². The van der Waals surface area contributed by atoms with Crippen molar-refractivity contribution in [3.8, 4) is 0 Å². The van der Waals surface area contributed by atoms with Crippen LogP contribution in [0.4, 0.5) is 0 Å². The number of ether oxygens (including phenoxy) is 10. The zero-order valence-corrected chi connectivity index (χ0v) is 28.8. The van der Waals surface area contributed by atoms with Crippen LogP contribution in [-0.2, 0) is 47.4 Å². The van der Waals surface area contributed by atoms with E-state index in [-0.39, 0.29) is 0 Å². The molecule has 6 heterocycles. The average molecular weight is 811 g/mol. The van der Waals surface area contributed by atoms with E-state index < -0.39 is 187 Å². The number of fused-ring (bicyclic) bond motifs is 1. The van der Waals surface area contributed by atoms with E-state index in [1.165, 1.54) is 0 Å². The average Bonchev–Trinajstić information content (AvgIpc) is 3.97. The molecule has 6 aliphatic rings. The summed E-state index contributed by atoms with van der Waals surface area (Å²) in [6.45, 7) is -4.14. The topological polar surface area (TPSA) is 399 Å². The van der Waals surface area contributed by atoms with Gasteiger partial charge in [0.2, 0.25) is 0 Å². The number of hydrogen-bond acceptors (Lipinski definition) is 25. The maximum Gasteiger partial charge on any atom is 0.187 e. The molecule has 0 aromatic heterocycles. The first-order chi connectivity index (χ1) is 26.2. The minimum absolute atomic E-state index is 0.611. The maximum absolute atomic E-state index is 11.1. The monoisotopic (exact) mass is 810 g/mol. The molecule has 55 heavy (non-hydrogen) atoms. The molecule has 6 aliphatic heterocycles. The molecule has 25 heteroatoms. The van der Waals surface area contributed by atoms with E-state index in [0.717, 1.165) is 0 Å². The highest BCUT2D eigenvalue weighted by atomic mass is 16.8. The molecule has 0 bridgehead atoms. The first kappa shape index (κ1) is 43.6. The van der Waals surface area contributed by atoms with Crippen molar-refractivity contribution in [1.82, 2.24) is 0 Å². The third-order valence-electron chi connectivity index (χ3n) is 10.5. The van der Waals surface area contributed by atoms with Gasteiger partial charge < -0.3 is 124 Å². The van der Waals surface area contributed by atoms with Crippen LogP contribution < -0.4 is 0 Å². The predicted octanol–water partition coefficient (Wildman–Crippen LogP) is -10.9. The number of aliphatic hydroxyl groups excluding tert-OH is 15. The Morgan fingerprint density at radius 3 is 0.927 bits per heavy atom. The second-order valence-corrected chi connectivity index (χ2v) is 14.0. The van der Waals surface area contributed by atoms with Crippen LogP contribution in [0.3, 0.4) is 0 Å². The van der Waals surface area contributed by atoms with Crippen LogP contribution in [0, 0.1) is 0 Å². The lowest BCUT2D eigenvalue weighted by atomic mass is 9.95. The Hall–Kier alpha value is -1.00. The lowest BCUT2D eigenvalue weighted by Crippen LogP contribution is -2.67. The van der Waals surface area contributed by atoms with Crippen LogP contribution in [-0.4, -0.2) is 263 Å². The molecule has 0 aromatic rings. The van der Waals surface area contributed by atoms with Gasteiger partial charge in [0.05, 0.1) is 33.0 Å². The Kier molecular flexibility index (Phi) is 14.3. The van der Waals surface area contributed by atoms with Gasteiger partial charge in [-0.3, -0.25) is 0 Å². The molecule has 0 spiro atoms. The van der Waals surface area contributed by atoms with Crippen LogP contribution in [0.5, 0.6) is 0 Å². The van der Waals surface area contributed by atoms with Crippen LogP contribution >= 0.6 is 0 Å². The highest BCUT2D eigenvalue weighted by Gasteiger charge is 2.59. The second kappa shape index (κ2) is 18.1. The summed E-state index contributed by atoms with van der Waals surface area (Å²) in [6.07, 6.45) is -41.3. The summed E-state index contributed by atoms with van der Waals surface area (Å²) in [5, 5.41) is 156. The van der Waals surface area contributed by atoms with Crippen molar-refractivity contribution >= 4 is 0 Å². The largest absolute Gasteiger partial charge is 0.394 e. The molecule has 0 aliphatic carbocycles. The molecule has 0 radical (unpaired) electrons. The fraction of sp³-hybridized carbons (Fsp3) is 1.00. The quantitative estimate of drug-likeness (QED) is 0.0768. The van der Waals surface area contributed by atoms with Gasteiger partial charge >= 0.3 is 0 Å². The summed E-state index contributed by atoms with van der Waals surface area (Å²) in [4.78, 5) is 0. The van der Waals surface area contributed by atoms with E-state index in [2.05, 4.69) is 0 Å². The van der Waals surface area contributed by atoms with Crippen molar-refractivity contribution in [2.24, 2.45) is 0 Å². The Labute approximate surface area is 310 Å². The summed E-state index contributed by atoms with van der Waals surface area (Å²) >= 11 is 0. The molecule has 25 nitrogen and oxygen atoms in total. The van der Waals surface area contributed by atoms with E-state index in [4.69, 9.17) is 47.4 Å². The van der Waals surface area contributed by atoms with Gasteiger partial charge in [-0.15, -0.1) is 0 Å². The summed E-state index contributed by atoms with van der Waals surface area (Å²) in [5.41, 5.74) is 0. The smallest absolute Gasteiger partial charge is 0.187 e. The minimum Gasteiger partial charge on any atom is -0.394 e. The van der Waals surface area contributed by atoms with E-state index in [1.54, 1.807) is 0 Å². The SMILES string of the molecule is OCC1OC(OC2C(CO)OC(OC3C(CO)OC(OC4C(CO)OC(OC5C(CO)OC6OC6C5O)C(O)C4O)C(O)C3O)C(O)C2O)C(O)C(O)C1O. The Morgan fingerprint density at radius 1 is 0.291 bits per heavy atom. The molecule has 0 aromatic carbocycles. The molecule has 6 rings (SSSR count). The van der Waals surface area contributed by atoms with E-state index in [9.17, 15) is 76.6 Å². The van der Waals surface area contributed by atoms with E-state index in [0.29, 0.717) is 0 Å². The highest BCUT2D eigenvalue weighted by Crippen LogP contribution is 2.39. The number of hydrogen-bond donors (Lipinski definition) is 15. The number of aliphatic hydroxyl groups is 15. The fourth-order valence-corrected chi connectivity index (χ4v) is 7.23. The van der Waals surface area contributed by atoms with Crippen LogP contribution in [0.1, 0.15) is 0 Å². The van der Waals surface area contributed by atoms with Crippen LogP contribution in [0.25, 0.3) is 0 Å². The summed E-state index contributed by atoms with van der Waals surface area (Å²) in [5.74, 6) is 0. The Balaban J connectivity index is 1.08. The zero-order chi connectivity index (χ0) is 40.0. The van der Waals surface area contributed by atoms with Gasteiger partial charge in [-0.1, -0.05) is 0 Å². The summed E-state index contributed by atoms with van der Waals surface area (Å²) < 4.78 is 55.0. The van der Waals surface area contributed by atoms with Gasteiger partial charge in [-0.05, 0) is 0 Å². The highest BCUT2D eigenvalue weighted by molar-refractivity contribution is 5.01. The van der Waals surface area contributed by atoms with Crippen molar-refractivity contribution in [2.75, 3.05) is 33.0 Å². The first-order valence-electron chi connectivity index (χ1n) is 17.6. The second-order valence-electron chi connectivity index (χ2n) is 14.0. The normalized spacial score (nSPS) is 54.5. The first-order valence-corrected chi connectivity index (χ1v) is 17.6. The third kappa shape index (κ3) is 8.55. The maximum atomic E-state index is 11.1. The van der Waals surface area contributed by atoms with Gasteiger partial charge in [0.25, 0.3) is 0 Å². The van der Waals surface area contributed by atoms with Crippen molar-refractivity contribution in [1.29, 1.82) is 0 Å². The third-order valence-corrected chi connectivity index (χ3v) is 10.5. The summed E-state index contributed by atoms with van der Waals surface area (Å²) in [6, 6.07) is 0. The fourth-order valence-electron chi connectivity index (χ4n) is 7.23. The molecule has 6 saturated heterocycles. The van der Waals surface area contributed by atoms with Gasteiger partial charge in [0, 0.05) is 0 Å². The molecule has 0 amide bonds. The van der Waals surface area contributed by atoms with Crippen molar-refractivity contribution in [3.05, 3.63) is 0 Å².